The molecule has 0 saturated heterocycles. The quantitative estimate of drug-likeness (QED) is 0.340. The maximum absolute atomic E-state index is 10.9. The van der Waals surface area contributed by atoms with Crippen molar-refractivity contribution in [2.24, 2.45) is 5.10 Å². The molecule has 0 aliphatic heterocycles. The number of benzene rings is 1. The molecule has 0 radical (unpaired) electrons. The molecular formula is C13H16N4O4. The van der Waals surface area contributed by atoms with Crippen LogP contribution in [0, 0.1) is 20.2 Å². The highest BCUT2D eigenvalue weighted by Gasteiger charge is 2.18. The molecule has 0 spiro atoms. The lowest BCUT2D eigenvalue weighted by Crippen LogP contribution is -1.98. The number of allylic oxidation sites excluding steroid dienone is 2. The van der Waals surface area contributed by atoms with E-state index in [2.05, 4.69) is 17.5 Å². The molecular weight excluding hydrogens is 276 g/mol. The van der Waals surface area contributed by atoms with Gasteiger partial charge >= 0.3 is 5.69 Å². The van der Waals surface area contributed by atoms with Gasteiger partial charge in [-0.15, -0.1) is 0 Å². The zero-order valence-corrected chi connectivity index (χ0v) is 11.6. The molecule has 0 heterocycles. The van der Waals surface area contributed by atoms with E-state index in [1.165, 1.54) is 18.3 Å². The standard InChI is InChI=1S/C13H16N4O4/c1-2-3-4-5-6-9-14-15-12-8-7-11(16(18)19)10-13(12)17(20)21/h5-10,15H,2-4H2,1H3/b6-5+,14-9+. The molecule has 0 aliphatic rings. The van der Waals surface area contributed by atoms with E-state index < -0.39 is 15.5 Å². The van der Waals surface area contributed by atoms with Gasteiger partial charge in [0.15, 0.2) is 0 Å². The molecule has 1 rings (SSSR count). The van der Waals surface area contributed by atoms with Crippen LogP contribution in [0.3, 0.4) is 0 Å². The number of anilines is 1. The van der Waals surface area contributed by atoms with Crippen LogP contribution in [0.1, 0.15) is 26.2 Å². The Balaban J connectivity index is 2.74. The number of rotatable bonds is 8. The fourth-order valence-electron chi connectivity index (χ4n) is 1.51. The Morgan fingerprint density at radius 3 is 2.67 bits per heavy atom. The third-order valence-corrected chi connectivity index (χ3v) is 2.59. The molecule has 0 unspecified atom stereocenters. The van der Waals surface area contributed by atoms with Crippen LogP contribution in [0.15, 0.2) is 35.5 Å². The molecule has 0 amide bonds. The first-order chi connectivity index (χ1) is 10.1. The fourth-order valence-corrected chi connectivity index (χ4v) is 1.51. The molecule has 1 N–H and O–H groups in total. The number of nitro benzene ring substituents is 2. The second-order valence-corrected chi connectivity index (χ2v) is 4.18. The highest BCUT2D eigenvalue weighted by molar-refractivity contribution is 5.73. The van der Waals surface area contributed by atoms with Crippen LogP contribution in [-0.2, 0) is 0 Å². The molecule has 8 heteroatoms. The first-order valence-electron chi connectivity index (χ1n) is 6.43. The summed E-state index contributed by atoms with van der Waals surface area (Å²) in [4.78, 5) is 20.1. The van der Waals surface area contributed by atoms with Gasteiger partial charge in [0.05, 0.1) is 15.9 Å². The number of hydrogen-bond acceptors (Lipinski definition) is 6. The predicted octanol–water partition coefficient (Wildman–Crippen LogP) is 3.65. The van der Waals surface area contributed by atoms with E-state index in [1.807, 2.05) is 6.08 Å². The second-order valence-electron chi connectivity index (χ2n) is 4.18. The van der Waals surface area contributed by atoms with Crippen molar-refractivity contribution in [1.82, 2.24) is 0 Å². The summed E-state index contributed by atoms with van der Waals surface area (Å²) >= 11 is 0. The summed E-state index contributed by atoms with van der Waals surface area (Å²) < 4.78 is 0. The molecule has 1 aromatic rings. The van der Waals surface area contributed by atoms with E-state index in [-0.39, 0.29) is 11.4 Å². The van der Waals surface area contributed by atoms with Crippen molar-refractivity contribution in [1.29, 1.82) is 0 Å². The van der Waals surface area contributed by atoms with Crippen LogP contribution in [0.25, 0.3) is 0 Å². The number of unbranched alkanes of at least 4 members (excludes halogenated alkanes) is 2. The van der Waals surface area contributed by atoms with Crippen molar-refractivity contribution in [3.8, 4) is 0 Å². The number of nitro groups is 2. The summed E-state index contributed by atoms with van der Waals surface area (Å²) in [7, 11) is 0. The summed E-state index contributed by atoms with van der Waals surface area (Å²) in [5, 5.41) is 25.3. The molecule has 112 valence electrons. The summed E-state index contributed by atoms with van der Waals surface area (Å²) in [5.74, 6) is 0. The summed E-state index contributed by atoms with van der Waals surface area (Å²) in [6.07, 6.45) is 8.29. The first-order valence-corrected chi connectivity index (χ1v) is 6.43. The van der Waals surface area contributed by atoms with Crippen molar-refractivity contribution in [2.45, 2.75) is 26.2 Å². The number of nitrogens with one attached hydrogen (secondary N) is 1. The summed E-state index contributed by atoms with van der Waals surface area (Å²) in [6, 6.07) is 3.34. The van der Waals surface area contributed by atoms with E-state index in [9.17, 15) is 20.2 Å². The van der Waals surface area contributed by atoms with E-state index in [4.69, 9.17) is 0 Å². The number of hydrogen-bond donors (Lipinski definition) is 1. The zero-order chi connectivity index (χ0) is 15.7. The maximum Gasteiger partial charge on any atom is 0.301 e. The molecule has 21 heavy (non-hydrogen) atoms. The van der Waals surface area contributed by atoms with Crippen molar-refractivity contribution in [3.63, 3.8) is 0 Å². The fraction of sp³-hybridized carbons (Fsp3) is 0.308. The minimum atomic E-state index is -0.693. The number of non-ortho nitro benzene ring substituents is 1. The lowest BCUT2D eigenvalue weighted by molar-refractivity contribution is -0.393. The van der Waals surface area contributed by atoms with E-state index in [1.54, 1.807) is 6.08 Å². The van der Waals surface area contributed by atoms with Gasteiger partial charge in [-0.3, -0.25) is 25.7 Å². The SMILES string of the molecule is CCCC/C=C/C=N/Nc1ccc([N+](=O)[O-])cc1[N+](=O)[O-]. The second kappa shape index (κ2) is 8.41. The van der Waals surface area contributed by atoms with Crippen LogP contribution in [0.4, 0.5) is 17.1 Å². The minimum absolute atomic E-state index is 0.101. The Morgan fingerprint density at radius 1 is 1.29 bits per heavy atom. The smallest absolute Gasteiger partial charge is 0.272 e. The Kier molecular flexibility index (Phi) is 6.52. The Morgan fingerprint density at radius 2 is 2.05 bits per heavy atom. The molecule has 0 aliphatic carbocycles. The highest BCUT2D eigenvalue weighted by Crippen LogP contribution is 2.28. The average Bonchev–Trinajstić information content (AvgIpc) is 2.46. The molecule has 1 aromatic carbocycles. The molecule has 0 bridgehead atoms. The zero-order valence-electron chi connectivity index (χ0n) is 11.6. The van der Waals surface area contributed by atoms with E-state index in [0.717, 1.165) is 25.3 Å². The predicted molar refractivity (Wildman–Crippen MR) is 80.5 cm³/mol. The van der Waals surface area contributed by atoms with Gasteiger partial charge < -0.3 is 0 Å². The topological polar surface area (TPSA) is 111 Å². The number of hydrazone groups is 1. The van der Waals surface area contributed by atoms with E-state index >= 15 is 0 Å². The molecule has 0 aromatic heterocycles. The largest absolute Gasteiger partial charge is 0.301 e. The third kappa shape index (κ3) is 5.39. The lowest BCUT2D eigenvalue weighted by atomic mass is 10.2. The lowest BCUT2D eigenvalue weighted by Gasteiger charge is -2.01. The van der Waals surface area contributed by atoms with Crippen LogP contribution in [-0.4, -0.2) is 16.1 Å². The Bertz CT molecular complexity index is 569. The molecule has 0 saturated carbocycles. The van der Waals surface area contributed by atoms with Gasteiger partial charge in [-0.1, -0.05) is 25.8 Å². The van der Waals surface area contributed by atoms with Crippen LogP contribution in [0.2, 0.25) is 0 Å². The van der Waals surface area contributed by atoms with Gasteiger partial charge in [-0.2, -0.15) is 5.10 Å². The average molecular weight is 292 g/mol. The van der Waals surface area contributed by atoms with Crippen molar-refractivity contribution in [3.05, 3.63) is 50.6 Å². The molecule has 0 atom stereocenters. The van der Waals surface area contributed by atoms with Gasteiger partial charge in [0.1, 0.15) is 5.69 Å². The Labute approximate surface area is 121 Å². The van der Waals surface area contributed by atoms with Crippen molar-refractivity contribution >= 4 is 23.3 Å². The van der Waals surface area contributed by atoms with Gasteiger partial charge in [-0.25, -0.2) is 0 Å². The monoisotopic (exact) mass is 292 g/mol. The van der Waals surface area contributed by atoms with Crippen molar-refractivity contribution in [2.75, 3.05) is 5.43 Å². The van der Waals surface area contributed by atoms with Gasteiger partial charge in [-0.05, 0) is 18.6 Å². The van der Waals surface area contributed by atoms with Crippen LogP contribution >= 0.6 is 0 Å². The maximum atomic E-state index is 10.9. The van der Waals surface area contributed by atoms with Gasteiger partial charge in [0, 0.05) is 12.3 Å². The number of nitrogens with zero attached hydrogens (tertiary/aromatic N) is 3. The van der Waals surface area contributed by atoms with Crippen molar-refractivity contribution < 1.29 is 9.85 Å². The minimum Gasteiger partial charge on any atom is -0.272 e. The third-order valence-electron chi connectivity index (χ3n) is 2.59. The summed E-state index contributed by atoms with van der Waals surface area (Å²) in [5.41, 5.74) is 1.88. The van der Waals surface area contributed by atoms with E-state index in [0.29, 0.717) is 0 Å². The first kappa shape index (κ1) is 16.3. The van der Waals surface area contributed by atoms with Crippen LogP contribution < -0.4 is 5.43 Å². The molecule has 0 fully saturated rings. The summed E-state index contributed by atoms with van der Waals surface area (Å²) in [6.45, 7) is 2.09. The Hall–Kier alpha value is -2.77. The van der Waals surface area contributed by atoms with Gasteiger partial charge in [0.2, 0.25) is 0 Å². The van der Waals surface area contributed by atoms with Crippen LogP contribution in [0.5, 0.6) is 0 Å². The normalized spacial score (nSPS) is 11.1. The highest BCUT2D eigenvalue weighted by atomic mass is 16.6. The molecule has 8 nitrogen and oxygen atoms in total. The van der Waals surface area contributed by atoms with Gasteiger partial charge in [0.25, 0.3) is 5.69 Å².